The van der Waals surface area contributed by atoms with Crippen molar-refractivity contribution < 1.29 is 13.9 Å². The van der Waals surface area contributed by atoms with Crippen LogP contribution < -0.4 is 10.1 Å². The van der Waals surface area contributed by atoms with E-state index in [0.29, 0.717) is 5.75 Å². The number of halogens is 1. The summed E-state index contributed by atoms with van der Waals surface area (Å²) in [5.41, 5.74) is 1.51. The molecule has 0 aliphatic rings. The van der Waals surface area contributed by atoms with Gasteiger partial charge in [-0.3, -0.25) is 4.79 Å². The molecule has 2 rings (SSSR count). The van der Waals surface area contributed by atoms with Gasteiger partial charge < -0.3 is 10.1 Å². The largest absolute Gasteiger partial charge is 0.489 e. The molecule has 2 aromatic rings. The van der Waals surface area contributed by atoms with Crippen LogP contribution in [-0.4, -0.2) is 11.9 Å². The van der Waals surface area contributed by atoms with Crippen LogP contribution in [0.1, 0.15) is 31.4 Å². The molecule has 1 amide bonds. The first-order valence-electron chi connectivity index (χ1n) is 8.41. The molecule has 0 fully saturated rings. The first kappa shape index (κ1) is 19.2. The van der Waals surface area contributed by atoms with Crippen molar-refractivity contribution in [2.75, 3.05) is 0 Å². The Balaban J connectivity index is 2.01. The van der Waals surface area contributed by atoms with Crippen LogP contribution in [0.5, 0.6) is 5.75 Å². The van der Waals surface area contributed by atoms with Crippen molar-refractivity contribution in [3.63, 3.8) is 0 Å². The summed E-state index contributed by atoms with van der Waals surface area (Å²) in [6, 6.07) is 15.2. The Kier molecular flexibility index (Phi) is 6.92. The number of carbonyl (C=O) groups is 1. The average Bonchev–Trinajstić information content (AvgIpc) is 2.65. The fraction of sp³-hybridized carbons (Fsp3) is 0.238. The molecular weight excluding hydrogens is 331 g/mol. The van der Waals surface area contributed by atoms with Gasteiger partial charge >= 0.3 is 0 Å². The molecule has 5 heteroatoms. The molecule has 0 aromatic heterocycles. The van der Waals surface area contributed by atoms with E-state index in [2.05, 4.69) is 5.32 Å². The Bertz CT molecular complexity index is 823. The van der Waals surface area contributed by atoms with Gasteiger partial charge in [-0.25, -0.2) is 4.39 Å². The number of amides is 1. The van der Waals surface area contributed by atoms with E-state index in [9.17, 15) is 14.4 Å². The molecule has 0 saturated heterocycles. The number of nitriles is 1. The maximum Gasteiger partial charge on any atom is 0.262 e. The van der Waals surface area contributed by atoms with E-state index in [1.807, 2.05) is 19.9 Å². The number of hydrogen-bond donors (Lipinski definition) is 1. The lowest BCUT2D eigenvalue weighted by molar-refractivity contribution is -0.117. The maximum atomic E-state index is 13.1. The summed E-state index contributed by atoms with van der Waals surface area (Å²) in [5.74, 6) is -0.0615. The zero-order valence-corrected chi connectivity index (χ0v) is 14.8. The lowest BCUT2D eigenvalue weighted by atomic mass is 10.1. The third-order valence-electron chi connectivity index (χ3n) is 3.84. The molecule has 2 aromatic carbocycles. The van der Waals surface area contributed by atoms with E-state index in [1.165, 1.54) is 18.2 Å². The van der Waals surface area contributed by atoms with Crippen molar-refractivity contribution in [1.29, 1.82) is 5.26 Å². The smallest absolute Gasteiger partial charge is 0.262 e. The molecular formula is C21H21FN2O2. The predicted octanol–water partition coefficient (Wildman–Crippen LogP) is 4.23. The molecule has 0 saturated carbocycles. The molecule has 1 N–H and O–H groups in total. The Morgan fingerprint density at radius 2 is 2.04 bits per heavy atom. The molecule has 0 aliphatic heterocycles. The van der Waals surface area contributed by atoms with Crippen LogP contribution in [0.2, 0.25) is 0 Å². The second kappa shape index (κ2) is 9.38. The highest BCUT2D eigenvalue weighted by Crippen LogP contribution is 2.16. The van der Waals surface area contributed by atoms with Gasteiger partial charge in [0, 0.05) is 6.04 Å². The minimum atomic E-state index is -0.381. The van der Waals surface area contributed by atoms with Gasteiger partial charge in [-0.15, -0.1) is 0 Å². The molecule has 0 heterocycles. The van der Waals surface area contributed by atoms with Gasteiger partial charge in [-0.2, -0.15) is 5.26 Å². The summed E-state index contributed by atoms with van der Waals surface area (Å²) in [5, 5.41) is 12.0. The Morgan fingerprint density at radius 1 is 1.31 bits per heavy atom. The fourth-order valence-electron chi connectivity index (χ4n) is 2.17. The minimum absolute atomic E-state index is 0.0119. The van der Waals surface area contributed by atoms with Gasteiger partial charge in [0.1, 0.15) is 29.8 Å². The molecule has 26 heavy (non-hydrogen) atoms. The molecule has 134 valence electrons. The van der Waals surface area contributed by atoms with Crippen LogP contribution in [0.4, 0.5) is 4.39 Å². The lowest BCUT2D eigenvalue weighted by Gasteiger charge is -2.10. The first-order valence-corrected chi connectivity index (χ1v) is 8.41. The summed E-state index contributed by atoms with van der Waals surface area (Å²) in [7, 11) is 0. The van der Waals surface area contributed by atoms with Crippen LogP contribution in [-0.2, 0) is 11.4 Å². The quantitative estimate of drug-likeness (QED) is 0.599. The van der Waals surface area contributed by atoms with E-state index in [4.69, 9.17) is 4.74 Å². The number of ether oxygens (including phenoxy) is 1. The topological polar surface area (TPSA) is 62.1 Å². The number of carbonyl (C=O) groups excluding carboxylic acids is 1. The Morgan fingerprint density at radius 3 is 2.65 bits per heavy atom. The normalized spacial score (nSPS) is 12.2. The molecule has 4 nitrogen and oxygen atoms in total. The summed E-state index contributed by atoms with van der Waals surface area (Å²) < 4.78 is 18.8. The molecule has 0 radical (unpaired) electrons. The van der Waals surface area contributed by atoms with Gasteiger partial charge in [0.05, 0.1) is 0 Å². The average molecular weight is 352 g/mol. The van der Waals surface area contributed by atoms with Crippen molar-refractivity contribution in [3.8, 4) is 11.8 Å². The maximum absolute atomic E-state index is 13.1. The Labute approximate surface area is 152 Å². The van der Waals surface area contributed by atoms with E-state index in [-0.39, 0.29) is 29.9 Å². The molecule has 0 spiro atoms. The predicted molar refractivity (Wildman–Crippen MR) is 98.7 cm³/mol. The summed E-state index contributed by atoms with van der Waals surface area (Å²) in [6.07, 6.45) is 2.33. The fourth-order valence-corrected chi connectivity index (χ4v) is 2.17. The Hall–Kier alpha value is -3.13. The van der Waals surface area contributed by atoms with Crippen LogP contribution in [0.15, 0.2) is 54.1 Å². The number of hydrogen-bond acceptors (Lipinski definition) is 3. The van der Waals surface area contributed by atoms with Gasteiger partial charge in [0.25, 0.3) is 5.91 Å². The third-order valence-corrected chi connectivity index (χ3v) is 3.84. The van der Waals surface area contributed by atoms with E-state index >= 15 is 0 Å². The van der Waals surface area contributed by atoms with Gasteiger partial charge in [0.15, 0.2) is 0 Å². The van der Waals surface area contributed by atoms with E-state index < -0.39 is 0 Å². The van der Waals surface area contributed by atoms with Crippen LogP contribution in [0, 0.1) is 17.1 Å². The third kappa shape index (κ3) is 5.75. The van der Waals surface area contributed by atoms with Crippen molar-refractivity contribution in [2.24, 2.45) is 0 Å². The minimum Gasteiger partial charge on any atom is -0.489 e. The van der Waals surface area contributed by atoms with Crippen molar-refractivity contribution in [2.45, 2.75) is 32.9 Å². The zero-order valence-electron chi connectivity index (χ0n) is 14.8. The van der Waals surface area contributed by atoms with Crippen molar-refractivity contribution in [3.05, 3.63) is 71.0 Å². The summed E-state index contributed by atoms with van der Waals surface area (Å²) >= 11 is 0. The monoisotopic (exact) mass is 352 g/mol. The highest BCUT2D eigenvalue weighted by Gasteiger charge is 2.11. The van der Waals surface area contributed by atoms with Crippen molar-refractivity contribution in [1.82, 2.24) is 5.32 Å². The lowest BCUT2D eigenvalue weighted by Crippen LogP contribution is -2.32. The molecule has 0 aliphatic carbocycles. The van der Waals surface area contributed by atoms with Crippen molar-refractivity contribution >= 4 is 12.0 Å². The summed E-state index contributed by atoms with van der Waals surface area (Å²) in [6.45, 7) is 4.11. The van der Waals surface area contributed by atoms with Gasteiger partial charge in [0.2, 0.25) is 0 Å². The highest BCUT2D eigenvalue weighted by atomic mass is 19.1. The second-order valence-electron chi connectivity index (χ2n) is 5.94. The number of nitrogens with one attached hydrogen (secondary N) is 1. The molecule has 0 unspecified atom stereocenters. The van der Waals surface area contributed by atoms with Crippen LogP contribution in [0.25, 0.3) is 6.08 Å². The highest BCUT2D eigenvalue weighted by molar-refractivity contribution is 6.01. The number of rotatable bonds is 7. The first-order chi connectivity index (χ1) is 12.5. The van der Waals surface area contributed by atoms with Crippen LogP contribution in [0.3, 0.4) is 0 Å². The molecule has 1 atom stereocenters. The number of nitrogens with zero attached hydrogens (tertiary/aromatic N) is 1. The zero-order chi connectivity index (χ0) is 18.9. The number of benzene rings is 2. The SMILES string of the molecule is CC[C@@H](C)NC(=O)/C(C#N)=C/c1ccc(OCc2cccc(F)c2)cc1. The van der Waals surface area contributed by atoms with E-state index in [1.54, 1.807) is 36.4 Å². The van der Waals surface area contributed by atoms with Gasteiger partial charge in [-0.05, 0) is 54.8 Å². The second-order valence-corrected chi connectivity index (χ2v) is 5.94. The van der Waals surface area contributed by atoms with E-state index in [0.717, 1.165) is 17.5 Å². The van der Waals surface area contributed by atoms with Crippen LogP contribution >= 0.6 is 0 Å². The summed E-state index contributed by atoms with van der Waals surface area (Å²) in [4.78, 5) is 12.0. The van der Waals surface area contributed by atoms with Gasteiger partial charge in [-0.1, -0.05) is 31.2 Å². The standard InChI is InChI=1S/C21H21FN2O2/c1-3-15(2)24-21(25)18(13-23)11-16-7-9-20(10-8-16)26-14-17-5-4-6-19(22)12-17/h4-12,15H,3,14H2,1-2H3,(H,24,25)/b18-11+/t15-/m1/s1. The molecule has 0 bridgehead atoms.